The average Bonchev–Trinajstić information content (AvgIpc) is 3.31. The van der Waals surface area contributed by atoms with Crippen LogP contribution in [0.15, 0.2) is 23.4 Å². The maximum absolute atomic E-state index is 12.8. The Morgan fingerprint density at radius 2 is 2.00 bits per heavy atom. The van der Waals surface area contributed by atoms with Crippen LogP contribution in [0.25, 0.3) is 11.0 Å². The van der Waals surface area contributed by atoms with Crippen molar-refractivity contribution in [1.82, 2.24) is 24.5 Å². The highest BCUT2D eigenvalue weighted by molar-refractivity contribution is 7.89. The molecule has 162 valence electrons. The number of piperidine rings is 1. The predicted molar refractivity (Wildman–Crippen MR) is 111 cm³/mol. The van der Waals surface area contributed by atoms with E-state index in [1.54, 1.807) is 30.0 Å². The Kier molecular flexibility index (Phi) is 5.73. The molecule has 2 fully saturated rings. The summed E-state index contributed by atoms with van der Waals surface area (Å²) in [5.74, 6) is -0.476. The van der Waals surface area contributed by atoms with Crippen molar-refractivity contribution in [3.8, 4) is 0 Å². The maximum atomic E-state index is 12.8. The zero-order valence-electron chi connectivity index (χ0n) is 16.6. The van der Waals surface area contributed by atoms with Gasteiger partial charge in [-0.3, -0.25) is 9.59 Å². The topological polar surface area (TPSA) is 115 Å². The van der Waals surface area contributed by atoms with E-state index in [9.17, 15) is 18.0 Å². The summed E-state index contributed by atoms with van der Waals surface area (Å²) in [6.07, 6.45) is 3.34. The van der Waals surface area contributed by atoms with Crippen LogP contribution in [-0.4, -0.2) is 71.7 Å². The van der Waals surface area contributed by atoms with Crippen molar-refractivity contribution in [3.63, 3.8) is 0 Å². The van der Waals surface area contributed by atoms with E-state index in [0.717, 1.165) is 19.3 Å². The van der Waals surface area contributed by atoms with Gasteiger partial charge in [0.15, 0.2) is 0 Å². The van der Waals surface area contributed by atoms with Gasteiger partial charge in [0.2, 0.25) is 17.0 Å². The number of nitrogens with one attached hydrogen (secondary N) is 2. The Labute approximate surface area is 179 Å². The number of fused-ring (bicyclic) bond motifs is 1. The molecule has 11 heteroatoms. The van der Waals surface area contributed by atoms with E-state index in [2.05, 4.69) is 14.7 Å². The minimum absolute atomic E-state index is 0.0827. The number of rotatable bonds is 5. The lowest BCUT2D eigenvalue weighted by Gasteiger charge is -2.32. The van der Waals surface area contributed by atoms with Gasteiger partial charge in [0.05, 0.1) is 11.0 Å². The van der Waals surface area contributed by atoms with Crippen LogP contribution < -0.4 is 4.72 Å². The second-order valence-electron chi connectivity index (χ2n) is 7.76. The summed E-state index contributed by atoms with van der Waals surface area (Å²) in [6, 6.07) is 3.28. The van der Waals surface area contributed by atoms with Crippen molar-refractivity contribution in [2.75, 3.05) is 19.6 Å². The van der Waals surface area contributed by atoms with Gasteiger partial charge in [0, 0.05) is 24.7 Å². The molecule has 0 spiro atoms. The number of imidazole rings is 1. The second-order valence-corrected chi connectivity index (χ2v) is 9.83. The predicted octanol–water partition coefficient (Wildman–Crippen LogP) is 1.50. The summed E-state index contributed by atoms with van der Waals surface area (Å²) in [5.41, 5.74) is 0.947. The van der Waals surface area contributed by atoms with Crippen LogP contribution in [0.5, 0.6) is 0 Å². The molecule has 0 saturated carbocycles. The summed E-state index contributed by atoms with van der Waals surface area (Å²) in [6.45, 7) is 3.44. The Balaban J connectivity index is 1.45. The minimum Gasteiger partial charge on any atom is -0.341 e. The quantitative estimate of drug-likeness (QED) is 0.711. The lowest BCUT2D eigenvalue weighted by atomic mass is 10.1. The second kappa shape index (κ2) is 8.16. The molecule has 2 aliphatic heterocycles. The van der Waals surface area contributed by atoms with Gasteiger partial charge in [0.25, 0.3) is 10.0 Å². The van der Waals surface area contributed by atoms with Crippen molar-refractivity contribution in [2.24, 2.45) is 0 Å². The summed E-state index contributed by atoms with van der Waals surface area (Å²) in [4.78, 5) is 35.6. The average molecular weight is 454 g/mol. The Morgan fingerprint density at radius 3 is 2.73 bits per heavy atom. The molecule has 2 atom stereocenters. The Morgan fingerprint density at radius 1 is 1.27 bits per heavy atom. The number of halogens is 1. The van der Waals surface area contributed by atoms with Crippen molar-refractivity contribution in [1.29, 1.82) is 0 Å². The van der Waals surface area contributed by atoms with Gasteiger partial charge >= 0.3 is 0 Å². The molecule has 0 aliphatic carbocycles. The molecule has 2 saturated heterocycles. The SMILES string of the molecule is C[C@H](C(=O)N1CCCCC1)N1CC[C@@H](NS(=O)(=O)c2nc3ccc(Cl)cc3[nH]2)C1=O. The molecule has 30 heavy (non-hydrogen) atoms. The number of aromatic nitrogens is 2. The molecule has 0 unspecified atom stereocenters. The smallest absolute Gasteiger partial charge is 0.275 e. The first-order chi connectivity index (χ1) is 14.3. The molecule has 0 radical (unpaired) electrons. The molecular formula is C19H24ClN5O4S. The van der Waals surface area contributed by atoms with Crippen LogP contribution in [0.3, 0.4) is 0 Å². The lowest BCUT2D eigenvalue weighted by Crippen LogP contribution is -2.51. The first-order valence-electron chi connectivity index (χ1n) is 10.0. The van der Waals surface area contributed by atoms with Gasteiger partial charge in [-0.25, -0.2) is 13.4 Å². The monoisotopic (exact) mass is 453 g/mol. The summed E-state index contributed by atoms with van der Waals surface area (Å²) >= 11 is 5.93. The lowest BCUT2D eigenvalue weighted by molar-refractivity contribution is -0.143. The Bertz CT molecular complexity index is 1080. The van der Waals surface area contributed by atoms with Gasteiger partial charge in [-0.2, -0.15) is 4.72 Å². The van der Waals surface area contributed by atoms with E-state index in [4.69, 9.17) is 11.6 Å². The number of carbonyl (C=O) groups is 2. The zero-order chi connectivity index (χ0) is 21.5. The standard InChI is InChI=1S/C19H24ClN5O4S/c1-12(17(26)24-8-3-2-4-9-24)25-10-7-15(18(25)27)23-30(28,29)19-21-14-6-5-13(20)11-16(14)22-19/h5-6,11-12,15,23H,2-4,7-10H2,1H3,(H,21,22)/t12-,15-/m1/s1. The fourth-order valence-electron chi connectivity index (χ4n) is 4.04. The molecule has 2 aliphatic rings. The van der Waals surface area contributed by atoms with Crippen LogP contribution in [-0.2, 0) is 19.6 Å². The number of amides is 2. The highest BCUT2D eigenvalue weighted by Crippen LogP contribution is 2.22. The van der Waals surface area contributed by atoms with Crippen LogP contribution in [0.2, 0.25) is 5.02 Å². The van der Waals surface area contributed by atoms with E-state index in [-0.39, 0.29) is 11.1 Å². The number of sulfonamides is 1. The third kappa shape index (κ3) is 4.03. The van der Waals surface area contributed by atoms with Crippen LogP contribution >= 0.6 is 11.6 Å². The molecule has 4 rings (SSSR count). The van der Waals surface area contributed by atoms with E-state index < -0.39 is 28.0 Å². The highest BCUT2D eigenvalue weighted by atomic mass is 35.5. The fraction of sp³-hybridized carbons (Fsp3) is 0.526. The van der Waals surface area contributed by atoms with Gasteiger partial charge in [0.1, 0.15) is 12.1 Å². The number of carbonyl (C=O) groups excluding carboxylic acids is 2. The molecular weight excluding hydrogens is 430 g/mol. The van der Waals surface area contributed by atoms with Crippen LogP contribution in [0.4, 0.5) is 0 Å². The van der Waals surface area contributed by atoms with Crippen LogP contribution in [0.1, 0.15) is 32.6 Å². The van der Waals surface area contributed by atoms with E-state index in [1.165, 1.54) is 4.90 Å². The van der Waals surface area contributed by atoms with Gasteiger partial charge in [-0.05, 0) is 50.8 Å². The molecule has 2 aromatic rings. The number of benzene rings is 1. The maximum Gasteiger partial charge on any atom is 0.275 e. The molecule has 3 heterocycles. The van der Waals surface area contributed by atoms with Gasteiger partial charge in [-0.1, -0.05) is 11.6 Å². The number of nitrogens with zero attached hydrogens (tertiary/aromatic N) is 3. The van der Waals surface area contributed by atoms with Crippen molar-refractivity contribution in [3.05, 3.63) is 23.2 Å². The van der Waals surface area contributed by atoms with Crippen LogP contribution in [0, 0.1) is 0 Å². The molecule has 9 nitrogen and oxygen atoms in total. The Hall–Kier alpha value is -2.17. The summed E-state index contributed by atoms with van der Waals surface area (Å²) < 4.78 is 28.0. The summed E-state index contributed by atoms with van der Waals surface area (Å²) in [7, 11) is -4.04. The third-order valence-corrected chi connectivity index (χ3v) is 7.24. The first kappa shape index (κ1) is 21.1. The normalized spacial score (nSPS) is 21.4. The number of H-pyrrole nitrogens is 1. The fourth-order valence-corrected chi connectivity index (χ4v) is 5.38. The largest absolute Gasteiger partial charge is 0.341 e. The van der Waals surface area contributed by atoms with Crippen molar-refractivity contribution >= 4 is 44.5 Å². The van der Waals surface area contributed by atoms with Gasteiger partial charge in [-0.15, -0.1) is 0 Å². The third-order valence-electron chi connectivity index (χ3n) is 5.71. The molecule has 1 aromatic heterocycles. The number of hydrogen-bond acceptors (Lipinski definition) is 5. The number of aromatic amines is 1. The van der Waals surface area contributed by atoms with Crippen molar-refractivity contribution < 1.29 is 18.0 Å². The molecule has 2 N–H and O–H groups in total. The van der Waals surface area contributed by atoms with E-state index in [0.29, 0.717) is 42.1 Å². The number of likely N-dealkylation sites (tertiary alicyclic amines) is 2. The van der Waals surface area contributed by atoms with E-state index in [1.807, 2.05) is 0 Å². The molecule has 1 aromatic carbocycles. The first-order valence-corrected chi connectivity index (χ1v) is 11.9. The highest BCUT2D eigenvalue weighted by Gasteiger charge is 2.40. The number of hydrogen-bond donors (Lipinski definition) is 2. The molecule has 2 amide bonds. The minimum atomic E-state index is -4.04. The van der Waals surface area contributed by atoms with Gasteiger partial charge < -0.3 is 14.8 Å². The van der Waals surface area contributed by atoms with E-state index >= 15 is 0 Å². The zero-order valence-corrected chi connectivity index (χ0v) is 18.2. The summed E-state index contributed by atoms with van der Waals surface area (Å²) in [5, 5.41) is 0.181. The molecule has 0 bridgehead atoms. The van der Waals surface area contributed by atoms with Crippen molar-refractivity contribution in [2.45, 2.75) is 49.8 Å².